The molecule has 0 fully saturated rings. The molecule has 56 valence electrons. The Morgan fingerprint density at radius 2 is 2.50 bits per heavy atom. The number of aliphatic hydroxyl groups is 1. The van der Waals surface area contributed by atoms with E-state index in [9.17, 15) is 0 Å². The predicted octanol–water partition coefficient (Wildman–Crippen LogP) is -0.303. The number of nitrogens with one attached hydrogen (secondary N) is 1. The van der Waals surface area contributed by atoms with Crippen molar-refractivity contribution >= 4 is 0 Å². The van der Waals surface area contributed by atoms with Crippen LogP contribution in [0.4, 0.5) is 0 Å². The van der Waals surface area contributed by atoms with Crippen LogP contribution in [-0.2, 0) is 0 Å². The van der Waals surface area contributed by atoms with Gasteiger partial charge in [-0.2, -0.15) is 0 Å². The second-order valence-electron chi connectivity index (χ2n) is 2.53. The molecule has 0 aromatic heterocycles. The molecule has 0 aliphatic carbocycles. The Morgan fingerprint density at radius 3 is 2.90 bits per heavy atom. The van der Waals surface area contributed by atoms with E-state index in [-0.39, 0.29) is 6.61 Å². The van der Waals surface area contributed by atoms with Crippen LogP contribution in [0.3, 0.4) is 0 Å². The summed E-state index contributed by atoms with van der Waals surface area (Å²) < 4.78 is 0. The van der Waals surface area contributed by atoms with E-state index >= 15 is 0 Å². The fourth-order valence-corrected chi connectivity index (χ4v) is 0.907. The minimum atomic E-state index is -0.751. The normalized spacial score (nSPS) is 31.3. The SMILES string of the molecule is CC1=CC=CC(N)(CO)N1. The summed E-state index contributed by atoms with van der Waals surface area (Å²) in [6, 6.07) is 0. The first-order valence-corrected chi connectivity index (χ1v) is 3.20. The lowest BCUT2D eigenvalue weighted by atomic mass is 10.1. The zero-order valence-electron chi connectivity index (χ0n) is 5.96. The van der Waals surface area contributed by atoms with Crippen LogP contribution in [0.15, 0.2) is 23.9 Å². The third-order valence-electron chi connectivity index (χ3n) is 1.43. The van der Waals surface area contributed by atoms with Gasteiger partial charge in [-0.1, -0.05) is 6.08 Å². The first-order chi connectivity index (χ1) is 4.66. The van der Waals surface area contributed by atoms with Crippen LogP contribution in [0.1, 0.15) is 6.92 Å². The van der Waals surface area contributed by atoms with Gasteiger partial charge in [0.2, 0.25) is 0 Å². The molecule has 1 aliphatic rings. The Balaban J connectivity index is 2.71. The first-order valence-electron chi connectivity index (χ1n) is 3.20. The van der Waals surface area contributed by atoms with Crippen LogP contribution in [0.25, 0.3) is 0 Å². The highest BCUT2D eigenvalue weighted by atomic mass is 16.3. The first kappa shape index (κ1) is 7.31. The molecule has 1 heterocycles. The van der Waals surface area contributed by atoms with Gasteiger partial charge in [-0.3, -0.25) is 0 Å². The summed E-state index contributed by atoms with van der Waals surface area (Å²) in [7, 11) is 0. The number of nitrogens with two attached hydrogens (primary N) is 1. The van der Waals surface area contributed by atoms with E-state index in [1.165, 1.54) is 0 Å². The lowest BCUT2D eigenvalue weighted by Crippen LogP contribution is -2.54. The van der Waals surface area contributed by atoms with Crippen molar-refractivity contribution in [3.8, 4) is 0 Å². The van der Waals surface area contributed by atoms with Gasteiger partial charge in [0.15, 0.2) is 0 Å². The van der Waals surface area contributed by atoms with E-state index in [2.05, 4.69) is 5.32 Å². The molecule has 0 amide bonds. The third kappa shape index (κ3) is 1.37. The Kier molecular flexibility index (Phi) is 1.78. The number of allylic oxidation sites excluding steroid dienone is 3. The van der Waals surface area contributed by atoms with Gasteiger partial charge < -0.3 is 16.2 Å². The zero-order valence-corrected chi connectivity index (χ0v) is 5.96. The second kappa shape index (κ2) is 2.44. The summed E-state index contributed by atoms with van der Waals surface area (Å²) in [6.07, 6.45) is 5.48. The number of hydrogen-bond donors (Lipinski definition) is 3. The summed E-state index contributed by atoms with van der Waals surface area (Å²) in [5.74, 6) is 0. The van der Waals surface area contributed by atoms with Gasteiger partial charge in [0, 0.05) is 5.70 Å². The van der Waals surface area contributed by atoms with Crippen molar-refractivity contribution in [2.45, 2.75) is 12.6 Å². The van der Waals surface area contributed by atoms with Gasteiger partial charge >= 0.3 is 0 Å². The monoisotopic (exact) mass is 140 g/mol. The molecule has 1 rings (SSSR count). The van der Waals surface area contributed by atoms with Crippen LogP contribution in [0, 0.1) is 0 Å². The van der Waals surface area contributed by atoms with Crippen molar-refractivity contribution in [1.29, 1.82) is 0 Å². The summed E-state index contributed by atoms with van der Waals surface area (Å²) in [5, 5.41) is 11.7. The van der Waals surface area contributed by atoms with E-state index < -0.39 is 5.66 Å². The molecular weight excluding hydrogens is 128 g/mol. The van der Waals surface area contributed by atoms with E-state index in [4.69, 9.17) is 10.8 Å². The van der Waals surface area contributed by atoms with Crippen LogP contribution < -0.4 is 11.1 Å². The van der Waals surface area contributed by atoms with Crippen molar-refractivity contribution in [1.82, 2.24) is 5.32 Å². The zero-order chi connectivity index (χ0) is 7.61. The molecule has 0 aromatic rings. The summed E-state index contributed by atoms with van der Waals surface area (Å²) in [4.78, 5) is 0. The van der Waals surface area contributed by atoms with Crippen molar-refractivity contribution in [3.63, 3.8) is 0 Å². The summed E-state index contributed by atoms with van der Waals surface area (Å²) in [6.45, 7) is 1.81. The smallest absolute Gasteiger partial charge is 0.129 e. The number of aliphatic hydroxyl groups excluding tert-OH is 1. The standard InChI is InChI=1S/C7H12N2O/c1-6-3-2-4-7(8,5-10)9-6/h2-4,9-10H,5,8H2,1H3. The molecule has 1 unspecified atom stereocenters. The van der Waals surface area contributed by atoms with Crippen molar-refractivity contribution in [3.05, 3.63) is 23.9 Å². The fraction of sp³-hybridized carbons (Fsp3) is 0.429. The van der Waals surface area contributed by atoms with Crippen LogP contribution in [0.5, 0.6) is 0 Å². The van der Waals surface area contributed by atoms with Gasteiger partial charge in [0.05, 0.1) is 6.61 Å². The number of hydrogen-bond acceptors (Lipinski definition) is 3. The number of dihydropyridines is 1. The van der Waals surface area contributed by atoms with Crippen molar-refractivity contribution in [2.24, 2.45) is 5.73 Å². The molecule has 1 atom stereocenters. The summed E-state index contributed by atoms with van der Waals surface area (Å²) in [5.41, 5.74) is 5.88. The Bertz CT molecular complexity index is 186. The fourth-order valence-electron chi connectivity index (χ4n) is 0.907. The molecule has 0 aromatic carbocycles. The summed E-state index contributed by atoms with van der Waals surface area (Å²) >= 11 is 0. The molecule has 0 saturated carbocycles. The maximum atomic E-state index is 8.80. The van der Waals surface area contributed by atoms with Gasteiger partial charge in [-0.15, -0.1) is 0 Å². The maximum absolute atomic E-state index is 8.80. The lowest BCUT2D eigenvalue weighted by molar-refractivity contribution is 0.208. The second-order valence-corrected chi connectivity index (χ2v) is 2.53. The minimum absolute atomic E-state index is 0.0886. The maximum Gasteiger partial charge on any atom is 0.129 e. The van der Waals surface area contributed by atoms with Crippen molar-refractivity contribution < 1.29 is 5.11 Å². The minimum Gasteiger partial charge on any atom is -0.392 e. The molecule has 0 spiro atoms. The highest BCUT2D eigenvalue weighted by Crippen LogP contribution is 2.06. The van der Waals surface area contributed by atoms with Gasteiger partial charge in [-0.25, -0.2) is 0 Å². The number of rotatable bonds is 1. The molecule has 3 nitrogen and oxygen atoms in total. The van der Waals surface area contributed by atoms with E-state index in [1.54, 1.807) is 6.08 Å². The lowest BCUT2D eigenvalue weighted by Gasteiger charge is -2.28. The molecule has 1 aliphatic heterocycles. The molecule has 0 saturated heterocycles. The Labute approximate surface area is 60.2 Å². The Hall–Kier alpha value is -0.800. The average molecular weight is 140 g/mol. The molecular formula is C7H12N2O. The highest BCUT2D eigenvalue weighted by molar-refractivity contribution is 5.22. The van der Waals surface area contributed by atoms with E-state index in [1.807, 2.05) is 19.1 Å². The Morgan fingerprint density at radius 1 is 1.80 bits per heavy atom. The quantitative estimate of drug-likeness (QED) is 0.468. The van der Waals surface area contributed by atoms with Gasteiger partial charge in [0.1, 0.15) is 5.66 Å². The van der Waals surface area contributed by atoms with Crippen molar-refractivity contribution in [2.75, 3.05) is 6.61 Å². The van der Waals surface area contributed by atoms with Gasteiger partial charge in [-0.05, 0) is 19.1 Å². The van der Waals surface area contributed by atoms with E-state index in [0.29, 0.717) is 0 Å². The highest BCUT2D eigenvalue weighted by Gasteiger charge is 2.20. The molecule has 0 bridgehead atoms. The molecule has 3 heteroatoms. The molecule has 4 N–H and O–H groups in total. The van der Waals surface area contributed by atoms with Crippen LogP contribution >= 0.6 is 0 Å². The van der Waals surface area contributed by atoms with E-state index in [0.717, 1.165) is 5.70 Å². The molecule has 10 heavy (non-hydrogen) atoms. The van der Waals surface area contributed by atoms with Crippen LogP contribution in [-0.4, -0.2) is 17.4 Å². The predicted molar refractivity (Wildman–Crippen MR) is 40.0 cm³/mol. The third-order valence-corrected chi connectivity index (χ3v) is 1.43. The largest absolute Gasteiger partial charge is 0.392 e. The topological polar surface area (TPSA) is 58.3 Å². The molecule has 0 radical (unpaired) electrons. The average Bonchev–Trinajstić information content (AvgIpc) is 1.88. The van der Waals surface area contributed by atoms with Crippen LogP contribution in [0.2, 0.25) is 0 Å². The van der Waals surface area contributed by atoms with Gasteiger partial charge in [0.25, 0.3) is 0 Å².